The van der Waals surface area contributed by atoms with Gasteiger partial charge in [-0.1, -0.05) is 13.8 Å². The molecule has 6 heteroatoms. The summed E-state index contributed by atoms with van der Waals surface area (Å²) in [5.74, 6) is 1.16. The minimum atomic E-state index is -0.419. The topological polar surface area (TPSA) is 70.8 Å². The number of nitrogens with zero attached hydrogens (tertiary/aromatic N) is 1. The van der Waals surface area contributed by atoms with Crippen LogP contribution in [0.2, 0.25) is 0 Å². The van der Waals surface area contributed by atoms with Gasteiger partial charge < -0.3 is 14.2 Å². The highest BCUT2D eigenvalue weighted by molar-refractivity contribution is 5.55. The maximum absolute atomic E-state index is 11.4. The van der Waals surface area contributed by atoms with Gasteiger partial charge in [0.2, 0.25) is 0 Å². The van der Waals surface area contributed by atoms with Crippen LogP contribution >= 0.6 is 0 Å². The summed E-state index contributed by atoms with van der Waals surface area (Å²) in [4.78, 5) is 10.9. The predicted molar refractivity (Wildman–Crippen MR) is 84.6 cm³/mol. The smallest absolute Gasteiger partial charge is 0.279 e. The lowest BCUT2D eigenvalue weighted by Crippen LogP contribution is -2.11. The molecule has 1 unspecified atom stereocenters. The first-order valence-electron chi connectivity index (χ1n) is 7.40. The van der Waals surface area contributed by atoms with Gasteiger partial charge in [0, 0.05) is 0 Å². The van der Waals surface area contributed by atoms with Crippen molar-refractivity contribution in [2.75, 3.05) is 13.7 Å². The van der Waals surface area contributed by atoms with Gasteiger partial charge in [0.05, 0.1) is 42.5 Å². The Hall–Kier alpha value is -1.82. The Bertz CT molecular complexity index is 514. The van der Waals surface area contributed by atoms with Gasteiger partial charge in [-0.25, -0.2) is 0 Å². The van der Waals surface area contributed by atoms with Crippen LogP contribution in [0.5, 0.6) is 11.5 Å². The van der Waals surface area contributed by atoms with Crippen molar-refractivity contribution < 1.29 is 19.1 Å². The van der Waals surface area contributed by atoms with Crippen LogP contribution in [0.25, 0.3) is 0 Å². The number of nitro benzene ring substituents is 1. The SMILES string of the molecule is COc1cc(C(C)OC(C)C)c([N+](=O)[O-])cc1OCC(C)C. The first kappa shape index (κ1) is 18.2. The zero-order valence-electron chi connectivity index (χ0n) is 14.1. The molecule has 0 heterocycles. The fourth-order valence-corrected chi connectivity index (χ4v) is 2.06. The van der Waals surface area contributed by atoms with Crippen molar-refractivity contribution in [2.24, 2.45) is 5.92 Å². The van der Waals surface area contributed by atoms with Gasteiger partial charge in [-0.05, 0) is 32.8 Å². The van der Waals surface area contributed by atoms with Crippen molar-refractivity contribution in [1.29, 1.82) is 0 Å². The Kier molecular flexibility index (Phi) is 6.61. The lowest BCUT2D eigenvalue weighted by Gasteiger charge is -2.19. The van der Waals surface area contributed by atoms with Gasteiger partial charge in [0.25, 0.3) is 5.69 Å². The highest BCUT2D eigenvalue weighted by atomic mass is 16.6. The lowest BCUT2D eigenvalue weighted by atomic mass is 10.1. The van der Waals surface area contributed by atoms with E-state index in [1.54, 1.807) is 13.0 Å². The molecule has 0 saturated carbocycles. The Morgan fingerprint density at radius 3 is 2.23 bits per heavy atom. The lowest BCUT2D eigenvalue weighted by molar-refractivity contribution is -0.386. The van der Waals surface area contributed by atoms with E-state index in [0.29, 0.717) is 29.6 Å². The van der Waals surface area contributed by atoms with Gasteiger partial charge in [-0.15, -0.1) is 0 Å². The summed E-state index contributed by atoms with van der Waals surface area (Å²) in [6.07, 6.45) is -0.439. The number of methoxy groups -OCH3 is 1. The van der Waals surface area contributed by atoms with Crippen LogP contribution in [-0.2, 0) is 4.74 Å². The Morgan fingerprint density at radius 1 is 1.14 bits per heavy atom. The summed E-state index contributed by atoms with van der Waals surface area (Å²) in [5, 5.41) is 11.4. The molecule has 1 aromatic rings. The van der Waals surface area contributed by atoms with Crippen LogP contribution in [0, 0.1) is 16.0 Å². The molecule has 0 aromatic heterocycles. The van der Waals surface area contributed by atoms with Crippen LogP contribution in [0.4, 0.5) is 5.69 Å². The Morgan fingerprint density at radius 2 is 1.77 bits per heavy atom. The summed E-state index contributed by atoms with van der Waals surface area (Å²) < 4.78 is 16.6. The molecule has 6 nitrogen and oxygen atoms in total. The van der Waals surface area contributed by atoms with E-state index in [1.807, 2.05) is 27.7 Å². The van der Waals surface area contributed by atoms with Crippen molar-refractivity contribution in [1.82, 2.24) is 0 Å². The van der Waals surface area contributed by atoms with E-state index in [4.69, 9.17) is 14.2 Å². The molecular weight excluding hydrogens is 286 g/mol. The van der Waals surface area contributed by atoms with E-state index < -0.39 is 11.0 Å². The number of rotatable bonds is 8. The molecule has 0 saturated heterocycles. The average molecular weight is 311 g/mol. The molecule has 0 aliphatic rings. The standard InChI is InChI=1S/C16H25NO5/c1-10(2)9-21-16-8-14(17(18)19)13(7-15(16)20-6)12(5)22-11(3)4/h7-8,10-12H,9H2,1-6H3. The minimum Gasteiger partial charge on any atom is -0.493 e. The molecule has 1 rings (SSSR count). The molecule has 124 valence electrons. The monoisotopic (exact) mass is 311 g/mol. The number of benzene rings is 1. The second-order valence-electron chi connectivity index (χ2n) is 5.85. The highest BCUT2D eigenvalue weighted by Gasteiger charge is 2.24. The average Bonchev–Trinajstić information content (AvgIpc) is 2.42. The summed E-state index contributed by atoms with van der Waals surface area (Å²) >= 11 is 0. The van der Waals surface area contributed by atoms with E-state index in [1.165, 1.54) is 13.2 Å². The number of hydrogen-bond donors (Lipinski definition) is 0. The van der Waals surface area contributed by atoms with Crippen molar-refractivity contribution in [3.63, 3.8) is 0 Å². The van der Waals surface area contributed by atoms with Crippen molar-refractivity contribution in [2.45, 2.75) is 46.8 Å². The molecule has 0 aliphatic carbocycles. The molecule has 0 fully saturated rings. The van der Waals surface area contributed by atoms with Crippen LogP contribution in [0.15, 0.2) is 12.1 Å². The van der Waals surface area contributed by atoms with Gasteiger partial charge in [0.1, 0.15) is 0 Å². The summed E-state index contributed by atoms with van der Waals surface area (Å²) in [7, 11) is 1.52. The van der Waals surface area contributed by atoms with E-state index in [2.05, 4.69) is 0 Å². The van der Waals surface area contributed by atoms with Gasteiger partial charge in [-0.2, -0.15) is 0 Å². The van der Waals surface area contributed by atoms with Crippen molar-refractivity contribution >= 4 is 5.69 Å². The molecule has 0 radical (unpaired) electrons. The molecule has 0 bridgehead atoms. The second kappa shape index (κ2) is 7.98. The molecule has 1 aromatic carbocycles. The molecule has 0 amide bonds. The number of ether oxygens (including phenoxy) is 3. The molecule has 1 atom stereocenters. The minimum absolute atomic E-state index is 0.0206. The first-order chi connectivity index (χ1) is 10.3. The zero-order valence-corrected chi connectivity index (χ0v) is 14.1. The van der Waals surface area contributed by atoms with E-state index in [-0.39, 0.29) is 11.8 Å². The number of nitro groups is 1. The van der Waals surface area contributed by atoms with Gasteiger partial charge in [-0.3, -0.25) is 10.1 Å². The summed E-state index contributed by atoms with van der Waals surface area (Å²) in [6.45, 7) is 10.0. The fourth-order valence-electron chi connectivity index (χ4n) is 2.06. The molecule has 0 N–H and O–H groups in total. The third-order valence-corrected chi connectivity index (χ3v) is 3.00. The summed E-state index contributed by atoms with van der Waals surface area (Å²) in [6, 6.07) is 3.04. The third kappa shape index (κ3) is 4.87. The van der Waals surface area contributed by atoms with Crippen LogP contribution in [-0.4, -0.2) is 24.7 Å². The van der Waals surface area contributed by atoms with Gasteiger partial charge in [0.15, 0.2) is 11.5 Å². The van der Waals surface area contributed by atoms with Crippen molar-refractivity contribution in [3.8, 4) is 11.5 Å². The molecule has 22 heavy (non-hydrogen) atoms. The Labute approximate surface area is 131 Å². The Balaban J connectivity index is 3.24. The third-order valence-electron chi connectivity index (χ3n) is 3.00. The first-order valence-corrected chi connectivity index (χ1v) is 7.40. The predicted octanol–water partition coefficient (Wildman–Crippen LogP) is 4.12. The second-order valence-corrected chi connectivity index (χ2v) is 5.85. The van der Waals surface area contributed by atoms with E-state index >= 15 is 0 Å². The molecule has 0 aliphatic heterocycles. The van der Waals surface area contributed by atoms with Crippen molar-refractivity contribution in [3.05, 3.63) is 27.8 Å². The maximum atomic E-state index is 11.4. The quantitative estimate of drug-likeness (QED) is 0.533. The van der Waals surface area contributed by atoms with E-state index in [9.17, 15) is 10.1 Å². The largest absolute Gasteiger partial charge is 0.493 e. The summed E-state index contributed by atoms with van der Waals surface area (Å²) in [5.41, 5.74) is 0.458. The molecule has 0 spiro atoms. The zero-order chi connectivity index (χ0) is 16.9. The molecular formula is C16H25NO5. The van der Waals surface area contributed by atoms with Crippen LogP contribution < -0.4 is 9.47 Å². The normalized spacial score (nSPS) is 12.5. The maximum Gasteiger partial charge on any atom is 0.279 e. The number of hydrogen-bond acceptors (Lipinski definition) is 5. The van der Waals surface area contributed by atoms with Gasteiger partial charge >= 0.3 is 0 Å². The van der Waals surface area contributed by atoms with E-state index in [0.717, 1.165) is 0 Å². The fraction of sp³-hybridized carbons (Fsp3) is 0.625. The van der Waals surface area contributed by atoms with Crippen LogP contribution in [0.1, 0.15) is 46.3 Å². The van der Waals surface area contributed by atoms with Crippen LogP contribution in [0.3, 0.4) is 0 Å². The highest BCUT2D eigenvalue weighted by Crippen LogP contribution is 2.38.